The van der Waals surface area contributed by atoms with E-state index in [1.165, 1.54) is 164 Å². The van der Waals surface area contributed by atoms with E-state index >= 15 is 0 Å². The standard InChI is InChI=1S/C16H16N2O6.C16H17NO5.C16H15NO5.C15H15NO5.C14H12N2O6.C14H13NO5/c19-11-3-1-9(7-13(11)21)17-15(23)5-6-16(24)18-10-2-4-12(20)14(22)8-10;2*18-12-4-1-10(7-14(12)20)3-6-16(22)17-9-11-2-5-13(19)15(21)8-11;17-11-4-1-9(7-13(11)19)2-6-15(21)16-10-3-5-12(18)14(20)8-10;17-9-3-1-7(5-11(9)19)15-13(21)14(22)16-8-2-4-10(18)12(20)6-8;16-10-3-1-8(5-12(10)18)7-15-14(20)9-2-4-11(17)13(19)6-9/h1-4,7-8,19-22H,5-6H2,(H,17,23)(H,18,24);1-2,4-5,7-8,18-21H,3,6,9H2,(H,17,22);1-8,18-21H,9H2,(H,17,22);1,3-5,7-8,17-20H,2,6H2,(H,16,21);1-6,17-20H,(H,15,21)(H,16,22);1-6,16-19H,7H2,(H,15,20)/b;;6-3+;;;. The second-order valence-corrected chi connectivity index (χ2v) is 27.6. The van der Waals surface area contributed by atoms with Crippen LogP contribution in [-0.2, 0) is 66.0 Å². The van der Waals surface area contributed by atoms with Crippen molar-refractivity contribution in [1.82, 2.24) is 16.0 Å². The zero-order valence-corrected chi connectivity index (χ0v) is 68.3. The molecule has 0 heterocycles. The second kappa shape index (κ2) is 47.8. The minimum Gasteiger partial charge on any atom is -0.504 e. The molecule has 12 rings (SSSR count). The summed E-state index contributed by atoms with van der Waals surface area (Å²) in [7, 11) is 0. The Labute approximate surface area is 741 Å². The number of nitrogens with one attached hydrogen (secondary N) is 8. The summed E-state index contributed by atoms with van der Waals surface area (Å²) in [6.07, 6.45) is 3.80. The fraction of sp³-hybridized carbons (Fsp3) is 0.0989. The molecule has 40 heteroatoms. The summed E-state index contributed by atoms with van der Waals surface area (Å²) in [4.78, 5) is 93.9. The molecule has 40 nitrogen and oxygen atoms in total. The van der Waals surface area contributed by atoms with E-state index in [4.69, 9.17) is 20.4 Å². The average Bonchev–Trinajstić information content (AvgIpc) is 0.804. The van der Waals surface area contributed by atoms with E-state index in [0.717, 1.165) is 35.9 Å². The molecular weight excluding hydrogens is 1720 g/mol. The van der Waals surface area contributed by atoms with Gasteiger partial charge in [0.25, 0.3) is 5.91 Å². The van der Waals surface area contributed by atoms with Gasteiger partial charge in [-0.2, -0.15) is 0 Å². The lowest BCUT2D eigenvalue weighted by atomic mass is 10.1. The molecule has 0 saturated carbocycles. The molecule has 0 atom stereocenters. The van der Waals surface area contributed by atoms with Crippen molar-refractivity contribution in [3.05, 3.63) is 263 Å². The maximum absolute atomic E-state index is 11.8. The van der Waals surface area contributed by atoms with E-state index in [-0.39, 0.29) is 206 Å². The van der Waals surface area contributed by atoms with Gasteiger partial charge in [0.15, 0.2) is 138 Å². The minimum absolute atomic E-state index is 0.0997. The van der Waals surface area contributed by atoms with Crippen molar-refractivity contribution in [3.63, 3.8) is 0 Å². The van der Waals surface area contributed by atoms with Crippen LogP contribution >= 0.6 is 0 Å². The smallest absolute Gasteiger partial charge is 0.314 e. The lowest BCUT2D eigenvalue weighted by molar-refractivity contribution is -0.133. The molecule has 12 aromatic carbocycles. The third-order valence-corrected chi connectivity index (χ3v) is 17.6. The largest absolute Gasteiger partial charge is 0.504 e. The number of phenols is 24. The number of aromatic hydroxyl groups is 24. The highest BCUT2D eigenvalue weighted by Gasteiger charge is 2.19. The van der Waals surface area contributed by atoms with Crippen LogP contribution in [0.15, 0.2) is 224 Å². The van der Waals surface area contributed by atoms with Crippen LogP contribution in [0, 0.1) is 0 Å². The Balaban J connectivity index is 0.000000215. The second-order valence-electron chi connectivity index (χ2n) is 27.6. The Bertz CT molecular complexity index is 5960. The monoisotopic (exact) mass is 1800 g/mol. The highest BCUT2D eigenvalue weighted by atomic mass is 16.3. The summed E-state index contributed by atoms with van der Waals surface area (Å²) in [6.45, 7) is 0.583. The fourth-order valence-corrected chi connectivity index (χ4v) is 10.6. The number of amides is 8. The number of carbonyl (C=O) groups excluding carboxylic acids is 8. The van der Waals surface area contributed by atoms with Crippen molar-refractivity contribution in [2.75, 3.05) is 26.6 Å². The number of hydrogen-bond acceptors (Lipinski definition) is 32. The molecule has 0 bridgehead atoms. The maximum atomic E-state index is 11.8. The van der Waals surface area contributed by atoms with Crippen LogP contribution in [0.3, 0.4) is 0 Å². The van der Waals surface area contributed by atoms with Crippen LogP contribution in [0.5, 0.6) is 138 Å². The van der Waals surface area contributed by atoms with E-state index in [1.807, 2.05) is 0 Å². The zero-order valence-electron chi connectivity index (χ0n) is 68.3. The third kappa shape index (κ3) is 33.2. The van der Waals surface area contributed by atoms with Crippen LogP contribution in [0.2, 0.25) is 0 Å². The molecular formula is C91H88N8O32. The Hall–Kier alpha value is -18.7. The van der Waals surface area contributed by atoms with Crippen LogP contribution in [0.4, 0.5) is 28.4 Å². The first kappa shape index (κ1) is 99.4. The minimum atomic E-state index is -1.02. The molecule has 8 amide bonds. The molecule has 0 radical (unpaired) electrons. The molecule has 0 spiro atoms. The molecule has 32 N–H and O–H groups in total. The van der Waals surface area contributed by atoms with E-state index in [0.29, 0.717) is 57.7 Å². The average molecular weight is 1810 g/mol. The van der Waals surface area contributed by atoms with Crippen LogP contribution in [-0.4, -0.2) is 170 Å². The van der Waals surface area contributed by atoms with Gasteiger partial charge in [-0.05, 0) is 204 Å². The first-order valence-electron chi connectivity index (χ1n) is 38.3. The zero-order chi connectivity index (χ0) is 96.3. The Kier molecular flexibility index (Phi) is 36.3. The van der Waals surface area contributed by atoms with Gasteiger partial charge in [0.2, 0.25) is 29.5 Å². The van der Waals surface area contributed by atoms with Gasteiger partial charge < -0.3 is 165 Å². The van der Waals surface area contributed by atoms with E-state index < -0.39 is 41.0 Å². The van der Waals surface area contributed by atoms with Gasteiger partial charge in [0.1, 0.15) is 0 Å². The van der Waals surface area contributed by atoms with Crippen molar-refractivity contribution >= 4 is 81.8 Å². The number of phenolic OH excluding ortho intramolecular Hbond substituents is 24. The van der Waals surface area contributed by atoms with Gasteiger partial charge in [0.05, 0.1) is 0 Å². The summed E-state index contributed by atoms with van der Waals surface area (Å²) in [5.41, 5.74) is 5.33. The molecule has 0 aliphatic carbocycles. The summed E-state index contributed by atoms with van der Waals surface area (Å²) in [5.74, 6) is -11.1. The predicted molar refractivity (Wildman–Crippen MR) is 470 cm³/mol. The summed E-state index contributed by atoms with van der Waals surface area (Å²) >= 11 is 0. The fourth-order valence-electron chi connectivity index (χ4n) is 10.6. The van der Waals surface area contributed by atoms with Crippen LogP contribution in [0.25, 0.3) is 6.08 Å². The molecule has 0 aliphatic rings. The molecule has 12 aromatic rings. The van der Waals surface area contributed by atoms with E-state index in [2.05, 4.69) is 42.5 Å². The molecule has 0 aliphatic heterocycles. The quantitative estimate of drug-likeness (QED) is 0.0122. The molecule has 0 fully saturated rings. The van der Waals surface area contributed by atoms with Crippen molar-refractivity contribution in [2.45, 2.75) is 58.2 Å². The van der Waals surface area contributed by atoms with Gasteiger partial charge in [0, 0.05) is 116 Å². The number of benzene rings is 12. The van der Waals surface area contributed by atoms with E-state index in [9.17, 15) is 140 Å². The number of anilines is 5. The van der Waals surface area contributed by atoms with Crippen molar-refractivity contribution in [3.8, 4) is 138 Å². The number of carbonyl (C=O) groups is 8. The lowest BCUT2D eigenvalue weighted by Gasteiger charge is -2.08. The van der Waals surface area contributed by atoms with Crippen molar-refractivity contribution in [1.29, 1.82) is 0 Å². The number of rotatable bonds is 23. The van der Waals surface area contributed by atoms with Crippen LogP contribution < -0.4 is 42.5 Å². The molecule has 0 unspecified atom stereocenters. The van der Waals surface area contributed by atoms with Crippen molar-refractivity contribution in [2.24, 2.45) is 0 Å². The lowest BCUT2D eigenvalue weighted by Crippen LogP contribution is -2.29. The highest BCUT2D eigenvalue weighted by molar-refractivity contribution is 6.43. The topological polar surface area (TPSA) is 718 Å². The van der Waals surface area contributed by atoms with Crippen molar-refractivity contribution < 1.29 is 161 Å². The summed E-state index contributed by atoms with van der Waals surface area (Å²) in [6, 6.07) is 48.3. The Morgan fingerprint density at radius 2 is 0.458 bits per heavy atom. The third-order valence-electron chi connectivity index (χ3n) is 17.6. The van der Waals surface area contributed by atoms with Gasteiger partial charge >= 0.3 is 11.8 Å². The SMILES string of the molecule is O=C(/C=C/c1ccc(O)c(O)c1)NCc1ccc(O)c(O)c1.O=C(CCC(=O)Nc1ccc(O)c(O)c1)Nc1ccc(O)c(O)c1.O=C(CCc1ccc(O)c(O)c1)NCc1ccc(O)c(O)c1.O=C(CCc1ccc(O)c(O)c1)Nc1ccc(O)c(O)c1.O=C(NCc1ccc(O)c(O)c1)c1ccc(O)c(O)c1.O=C(Nc1ccc(O)c(O)c1)C(=O)Nc1ccc(O)c(O)c1. The Morgan fingerprint density at radius 1 is 0.214 bits per heavy atom. The highest BCUT2D eigenvalue weighted by Crippen LogP contribution is 2.36. The first-order chi connectivity index (χ1) is 62.0. The van der Waals surface area contributed by atoms with Gasteiger partial charge in [-0.3, -0.25) is 38.4 Å². The van der Waals surface area contributed by atoms with Gasteiger partial charge in [-0.25, -0.2) is 0 Å². The maximum Gasteiger partial charge on any atom is 0.314 e. The number of hydrogen-bond donors (Lipinski definition) is 32. The Morgan fingerprint density at radius 3 is 0.771 bits per heavy atom. The van der Waals surface area contributed by atoms with Gasteiger partial charge in [-0.1, -0.05) is 36.4 Å². The number of aryl methyl sites for hydroxylation is 2. The summed E-state index contributed by atoms with van der Waals surface area (Å²) < 4.78 is 0. The molecule has 0 saturated heterocycles. The predicted octanol–water partition coefficient (Wildman–Crippen LogP) is 10.1. The van der Waals surface area contributed by atoms with E-state index in [1.54, 1.807) is 36.4 Å². The molecule has 684 valence electrons. The van der Waals surface area contributed by atoms with Crippen LogP contribution in [0.1, 0.15) is 69.4 Å². The molecule has 0 aromatic heterocycles. The normalized spacial score (nSPS) is 10.3. The first-order valence-corrected chi connectivity index (χ1v) is 38.3. The molecule has 131 heavy (non-hydrogen) atoms. The van der Waals surface area contributed by atoms with Gasteiger partial charge in [-0.15, -0.1) is 0 Å². The summed E-state index contributed by atoms with van der Waals surface area (Å²) in [5, 5.41) is 242.